The minimum atomic E-state index is 0.637. The van der Waals surface area contributed by atoms with Gasteiger partial charge < -0.3 is 0 Å². The third-order valence-electron chi connectivity index (χ3n) is 10.2. The molecule has 0 saturated heterocycles. The second kappa shape index (κ2) is 14.1. The van der Waals surface area contributed by atoms with E-state index in [4.69, 9.17) is 15.0 Å². The summed E-state index contributed by atoms with van der Waals surface area (Å²) in [6, 6.07) is 70.3. The maximum Gasteiger partial charge on any atom is 0.164 e. The van der Waals surface area contributed by atoms with Gasteiger partial charge in [-0.1, -0.05) is 182 Å². The first-order valence-corrected chi connectivity index (χ1v) is 19.3. The highest BCUT2D eigenvalue weighted by molar-refractivity contribution is 7.27. The van der Waals surface area contributed by atoms with Crippen LogP contribution in [0, 0.1) is 0 Å². The molecule has 10 aromatic rings. The maximum absolute atomic E-state index is 5.37. The first kappa shape index (κ1) is 32.6. The number of rotatable bonds is 7. The second-order valence-electron chi connectivity index (χ2n) is 13.5. The molecule has 4 heteroatoms. The molecular formula is C51H33N3S. The molecule has 0 radical (unpaired) electrons. The smallest absolute Gasteiger partial charge is 0.164 e. The summed E-state index contributed by atoms with van der Waals surface area (Å²) in [5.74, 6) is 1.92. The van der Waals surface area contributed by atoms with E-state index in [9.17, 15) is 0 Å². The number of benzene rings is 8. The lowest BCUT2D eigenvalue weighted by Gasteiger charge is -2.14. The van der Waals surface area contributed by atoms with Crippen molar-refractivity contribution in [2.75, 3.05) is 0 Å². The van der Waals surface area contributed by atoms with Crippen LogP contribution in [-0.4, -0.2) is 15.0 Å². The predicted octanol–water partition coefficient (Wildman–Crippen LogP) is 13.9. The van der Waals surface area contributed by atoms with Gasteiger partial charge >= 0.3 is 0 Å². The molecule has 0 fully saturated rings. The van der Waals surface area contributed by atoms with Crippen molar-refractivity contribution in [1.29, 1.82) is 0 Å². The van der Waals surface area contributed by atoms with Crippen LogP contribution in [0.2, 0.25) is 0 Å². The van der Waals surface area contributed by atoms with Crippen molar-refractivity contribution in [1.82, 2.24) is 15.0 Å². The Hall–Kier alpha value is -7.01. The SMILES string of the molecule is c1ccc(-c2cc(-c3ccccc3)c3sc4c(-c5ccccc5)ccc(-c5nc(-c6ccccc6)nc(-c6ccccc6-c6ccccc6)n5)c4c3c2)cc1. The van der Waals surface area contributed by atoms with E-state index in [-0.39, 0.29) is 0 Å². The largest absolute Gasteiger partial charge is 0.208 e. The Kier molecular flexibility index (Phi) is 8.36. The van der Waals surface area contributed by atoms with Crippen molar-refractivity contribution in [2.24, 2.45) is 0 Å². The Balaban J connectivity index is 1.31. The van der Waals surface area contributed by atoms with E-state index in [1.807, 2.05) is 35.6 Å². The van der Waals surface area contributed by atoms with Gasteiger partial charge in [0.1, 0.15) is 0 Å². The zero-order chi connectivity index (χ0) is 36.6. The van der Waals surface area contributed by atoms with Crippen molar-refractivity contribution < 1.29 is 0 Å². The monoisotopic (exact) mass is 719 g/mol. The van der Waals surface area contributed by atoms with Crippen molar-refractivity contribution in [2.45, 2.75) is 0 Å². The van der Waals surface area contributed by atoms with Crippen LogP contribution in [-0.2, 0) is 0 Å². The van der Waals surface area contributed by atoms with E-state index in [2.05, 4.69) is 176 Å². The zero-order valence-corrected chi connectivity index (χ0v) is 30.6. The van der Waals surface area contributed by atoms with Gasteiger partial charge in [0, 0.05) is 42.4 Å². The molecule has 0 N–H and O–H groups in total. The number of nitrogens with zero attached hydrogens (tertiary/aromatic N) is 3. The van der Waals surface area contributed by atoms with E-state index in [0.717, 1.165) is 33.2 Å². The van der Waals surface area contributed by atoms with Gasteiger partial charge in [0.25, 0.3) is 0 Å². The van der Waals surface area contributed by atoms with Crippen LogP contribution in [0.3, 0.4) is 0 Å². The van der Waals surface area contributed by atoms with Crippen LogP contribution in [0.25, 0.3) is 98.8 Å². The molecule has 2 aromatic heterocycles. The van der Waals surface area contributed by atoms with Crippen LogP contribution in [0.1, 0.15) is 0 Å². The summed E-state index contributed by atoms with van der Waals surface area (Å²) < 4.78 is 2.44. The van der Waals surface area contributed by atoms with Crippen LogP contribution >= 0.6 is 11.3 Å². The molecule has 55 heavy (non-hydrogen) atoms. The molecule has 258 valence electrons. The normalized spacial score (nSPS) is 11.3. The van der Waals surface area contributed by atoms with E-state index >= 15 is 0 Å². The van der Waals surface area contributed by atoms with Gasteiger partial charge in [-0.2, -0.15) is 0 Å². The fraction of sp³-hybridized carbons (Fsp3) is 0. The Morgan fingerprint density at radius 3 is 1.31 bits per heavy atom. The fourth-order valence-corrected chi connectivity index (χ4v) is 8.90. The van der Waals surface area contributed by atoms with Crippen LogP contribution in [0.15, 0.2) is 200 Å². The highest BCUT2D eigenvalue weighted by Gasteiger charge is 2.22. The Morgan fingerprint density at radius 1 is 0.273 bits per heavy atom. The van der Waals surface area contributed by atoms with Gasteiger partial charge in [0.05, 0.1) is 0 Å². The second-order valence-corrected chi connectivity index (χ2v) is 14.6. The molecule has 0 aliphatic carbocycles. The number of hydrogen-bond donors (Lipinski definition) is 0. The van der Waals surface area contributed by atoms with Crippen LogP contribution < -0.4 is 0 Å². The van der Waals surface area contributed by atoms with E-state index in [1.165, 1.54) is 48.2 Å². The molecule has 0 unspecified atom stereocenters. The molecule has 0 bridgehead atoms. The first-order valence-electron chi connectivity index (χ1n) is 18.4. The molecule has 0 atom stereocenters. The standard InChI is InChI=1S/C51H33N3S/c1-6-18-34(19-7-1)39-32-44(37-24-12-4-13-25-37)47-45(33-39)46-43(31-30-41(48(46)55-47)36-22-10-3-11-23-36)51-53-49(38-26-14-5-15-27-38)52-50(54-51)42-29-17-16-28-40(42)35-20-8-2-9-21-35/h1-33H. The third-order valence-corrected chi connectivity index (χ3v) is 11.4. The predicted molar refractivity (Wildman–Crippen MR) is 231 cm³/mol. The zero-order valence-electron chi connectivity index (χ0n) is 29.8. The van der Waals surface area contributed by atoms with Gasteiger partial charge in [-0.05, 0) is 57.1 Å². The topological polar surface area (TPSA) is 38.7 Å². The first-order chi connectivity index (χ1) is 27.3. The number of aromatic nitrogens is 3. The molecular weight excluding hydrogens is 687 g/mol. The molecule has 0 spiro atoms. The Labute approximate surface area is 323 Å². The molecule has 3 nitrogen and oxygen atoms in total. The van der Waals surface area contributed by atoms with Gasteiger partial charge in [0.2, 0.25) is 0 Å². The average Bonchev–Trinajstić information content (AvgIpc) is 3.67. The summed E-state index contributed by atoms with van der Waals surface area (Å²) in [5.41, 5.74) is 12.2. The lowest BCUT2D eigenvalue weighted by molar-refractivity contribution is 1.08. The summed E-state index contributed by atoms with van der Waals surface area (Å²) in [6.45, 7) is 0. The summed E-state index contributed by atoms with van der Waals surface area (Å²) in [4.78, 5) is 15.8. The molecule has 0 aliphatic rings. The Bertz CT molecular complexity index is 2940. The van der Waals surface area contributed by atoms with Crippen LogP contribution in [0.4, 0.5) is 0 Å². The Morgan fingerprint density at radius 2 is 0.709 bits per heavy atom. The van der Waals surface area contributed by atoms with Crippen molar-refractivity contribution >= 4 is 31.5 Å². The molecule has 0 amide bonds. The summed E-state index contributed by atoms with van der Waals surface area (Å²) in [7, 11) is 0. The number of thiophene rings is 1. The molecule has 0 saturated carbocycles. The van der Waals surface area contributed by atoms with Crippen molar-refractivity contribution in [3.05, 3.63) is 200 Å². The molecule has 10 rings (SSSR count). The minimum absolute atomic E-state index is 0.637. The lowest BCUT2D eigenvalue weighted by atomic mass is 9.93. The van der Waals surface area contributed by atoms with E-state index in [1.54, 1.807) is 0 Å². The summed E-state index contributed by atoms with van der Waals surface area (Å²) in [5, 5.41) is 2.32. The summed E-state index contributed by atoms with van der Waals surface area (Å²) in [6.07, 6.45) is 0. The van der Waals surface area contributed by atoms with Gasteiger partial charge in [-0.25, -0.2) is 15.0 Å². The van der Waals surface area contributed by atoms with Gasteiger partial charge in [-0.3, -0.25) is 0 Å². The molecule has 0 aliphatic heterocycles. The quantitative estimate of drug-likeness (QED) is 0.165. The van der Waals surface area contributed by atoms with Crippen LogP contribution in [0.5, 0.6) is 0 Å². The third kappa shape index (κ3) is 6.09. The number of fused-ring (bicyclic) bond motifs is 3. The van der Waals surface area contributed by atoms with Crippen molar-refractivity contribution in [3.8, 4) is 78.7 Å². The molecule has 8 aromatic carbocycles. The molecule has 2 heterocycles. The number of hydrogen-bond acceptors (Lipinski definition) is 4. The summed E-state index contributed by atoms with van der Waals surface area (Å²) >= 11 is 1.85. The van der Waals surface area contributed by atoms with Gasteiger partial charge in [-0.15, -0.1) is 11.3 Å². The van der Waals surface area contributed by atoms with E-state index in [0.29, 0.717) is 17.5 Å². The highest BCUT2D eigenvalue weighted by Crippen LogP contribution is 2.49. The maximum atomic E-state index is 5.37. The fourth-order valence-electron chi connectivity index (χ4n) is 7.52. The minimum Gasteiger partial charge on any atom is -0.208 e. The van der Waals surface area contributed by atoms with Gasteiger partial charge in [0.15, 0.2) is 17.5 Å². The average molecular weight is 720 g/mol. The lowest BCUT2D eigenvalue weighted by Crippen LogP contribution is -2.01. The van der Waals surface area contributed by atoms with E-state index < -0.39 is 0 Å². The highest BCUT2D eigenvalue weighted by atomic mass is 32.1. The van der Waals surface area contributed by atoms with Crippen molar-refractivity contribution in [3.63, 3.8) is 0 Å².